The average Bonchev–Trinajstić information content (AvgIpc) is 1.69. The van der Waals surface area contributed by atoms with Gasteiger partial charge < -0.3 is 0 Å². The molecule has 8 heavy (non-hydrogen) atoms. The standard InChI is InChI=1S/C4H6NO.U.W/c1-3-6-4-2-5-1;;/h1,3-4H2;;/q-1;;. The van der Waals surface area contributed by atoms with Crippen molar-refractivity contribution in [2.45, 2.75) is 0 Å². The molecule has 0 atom stereocenters. The quantitative estimate of drug-likeness (QED) is 0.457. The summed E-state index contributed by atoms with van der Waals surface area (Å²) < 4.78 is 6.27. The molecule has 0 N–H and O–H groups in total. The van der Waals surface area contributed by atoms with Gasteiger partial charge >= 0.3 is 53.2 Å². The van der Waals surface area contributed by atoms with Crippen LogP contribution in [0.25, 0.3) is 5.32 Å². The number of rotatable bonds is 0. The average molecular weight is 506 g/mol. The maximum atomic E-state index is 5.07. The Morgan fingerprint density at radius 3 is 2.62 bits per heavy atom. The fraction of sp³-hybridized carbons (Fsp3) is 0.750. The number of morpholine rings is 1. The Hall–Kier alpha value is 1.53. The molecule has 0 bridgehead atoms. The summed E-state index contributed by atoms with van der Waals surface area (Å²) in [5.74, 6) is 0. The van der Waals surface area contributed by atoms with E-state index in [0.29, 0.717) is 0 Å². The number of ether oxygens (including phenoxy) is 1. The Morgan fingerprint density at radius 1 is 1.62 bits per heavy atom. The Kier molecular flexibility index (Phi) is 6.34. The summed E-state index contributed by atoms with van der Waals surface area (Å²) in [6.07, 6.45) is 0. The Bertz CT molecular complexity index is 80.1. The summed E-state index contributed by atoms with van der Waals surface area (Å²) in [6.45, 7) is 2.46. The summed E-state index contributed by atoms with van der Waals surface area (Å²) in [5, 5.41) is 4.16. The molecule has 1 aliphatic rings. The number of nitrogens with zero attached hydrogens (tertiary/aromatic N) is 1. The van der Waals surface area contributed by atoms with Crippen molar-refractivity contribution in [3.63, 3.8) is 0 Å². The third-order valence-electron chi connectivity index (χ3n) is 0.749. The maximum absolute atomic E-state index is 5.07. The summed E-state index contributed by atoms with van der Waals surface area (Å²) in [5.41, 5.74) is 0. The van der Waals surface area contributed by atoms with E-state index in [2.05, 4.69) is 5.32 Å². The normalized spacial score (nSPS) is 19.8. The molecule has 0 aliphatic carbocycles. The van der Waals surface area contributed by atoms with E-state index in [1.54, 1.807) is 0 Å². The van der Waals surface area contributed by atoms with E-state index in [1.165, 1.54) is 23.4 Å². The van der Waals surface area contributed by atoms with Crippen LogP contribution in [0.2, 0.25) is 0 Å². The van der Waals surface area contributed by atoms with Gasteiger partial charge in [0.25, 0.3) is 0 Å². The topological polar surface area (TPSA) is 23.3 Å². The van der Waals surface area contributed by atoms with Gasteiger partial charge in [-0.15, -0.1) is 0 Å². The van der Waals surface area contributed by atoms with E-state index in [4.69, 9.17) is 4.74 Å². The van der Waals surface area contributed by atoms with Crippen LogP contribution in [0.1, 0.15) is 0 Å². The molecule has 0 unspecified atom stereocenters. The van der Waals surface area contributed by atoms with Crippen molar-refractivity contribution in [3.05, 3.63) is 5.32 Å². The molecule has 4 heteroatoms. The van der Waals surface area contributed by atoms with Gasteiger partial charge in [0.2, 0.25) is 0 Å². The first-order valence-electron chi connectivity index (χ1n) is 2.17. The van der Waals surface area contributed by atoms with Gasteiger partial charge in [-0.05, 0) is 0 Å². The van der Waals surface area contributed by atoms with Gasteiger partial charge in [-0.2, -0.15) is 0 Å². The monoisotopic (exact) mass is 506 g/mol. The fourth-order valence-corrected chi connectivity index (χ4v) is 1.07. The molecule has 1 heterocycles. The Labute approximate surface area is 83.5 Å². The molecule has 2 nitrogen and oxygen atoms in total. The molecule has 0 aromatic rings. The van der Waals surface area contributed by atoms with Crippen molar-refractivity contribution in [1.29, 1.82) is 0 Å². The van der Waals surface area contributed by atoms with Gasteiger partial charge in [-0.25, -0.2) is 0 Å². The molecular weight excluding hydrogens is 500 g/mol. The van der Waals surface area contributed by atoms with Crippen molar-refractivity contribution in [1.82, 2.24) is 0 Å². The molecule has 0 saturated carbocycles. The van der Waals surface area contributed by atoms with E-state index in [9.17, 15) is 0 Å². The fourth-order valence-electron chi connectivity index (χ4n) is 0.440. The van der Waals surface area contributed by atoms with Crippen molar-refractivity contribution >= 4 is 4.02 Å². The molecule has 1 rings (SSSR count). The van der Waals surface area contributed by atoms with E-state index in [1.807, 2.05) is 0 Å². The molecular formula is C4H6NOUW-. The minimum atomic E-state index is 0. The van der Waals surface area contributed by atoms with Crippen molar-refractivity contribution < 1.29 is 55.2 Å². The van der Waals surface area contributed by atoms with Crippen molar-refractivity contribution in [3.8, 4) is 0 Å². The van der Waals surface area contributed by atoms with Crippen LogP contribution in [0.15, 0.2) is 0 Å². The second-order valence-electron chi connectivity index (χ2n) is 1.33. The van der Waals surface area contributed by atoms with E-state index in [0.717, 1.165) is 19.8 Å². The zero-order valence-corrected chi connectivity index (χ0v) is 11.5. The van der Waals surface area contributed by atoms with Gasteiger partial charge in [0, 0.05) is 31.1 Å². The summed E-state index contributed by atoms with van der Waals surface area (Å²) >= 11 is 1.44. The first-order valence-corrected chi connectivity index (χ1v) is 3.64. The van der Waals surface area contributed by atoms with Gasteiger partial charge in [-0.3, -0.25) is 0 Å². The predicted octanol–water partition coefficient (Wildman–Crippen LogP) is 0.0670. The molecule has 1 aliphatic heterocycles. The number of hydrogen-bond donors (Lipinski definition) is 0. The molecule has 0 spiro atoms. The molecule has 1 fully saturated rings. The van der Waals surface area contributed by atoms with Crippen LogP contribution < -0.4 is 0 Å². The molecule has 0 amide bonds. The summed E-state index contributed by atoms with van der Waals surface area (Å²) in [7, 11) is 0. The van der Waals surface area contributed by atoms with Crippen LogP contribution in [0.4, 0.5) is 0 Å². The van der Waals surface area contributed by atoms with Gasteiger partial charge in [0.05, 0.1) is 0 Å². The second kappa shape index (κ2) is 5.33. The zero-order chi connectivity index (χ0) is 5.11. The predicted molar refractivity (Wildman–Crippen MR) is 24.1 cm³/mol. The van der Waals surface area contributed by atoms with Crippen LogP contribution in [0, 0.1) is 31.1 Å². The SMILES string of the molecule is [U].[W]=[C]1COCC[N-]1. The van der Waals surface area contributed by atoms with Crippen LogP contribution in [0.3, 0.4) is 0 Å². The third kappa shape index (κ3) is 3.54. The second-order valence-corrected chi connectivity index (χ2v) is 3.02. The van der Waals surface area contributed by atoms with Gasteiger partial charge in [0.15, 0.2) is 0 Å². The Balaban J connectivity index is 0.000000490. The van der Waals surface area contributed by atoms with Crippen LogP contribution in [-0.4, -0.2) is 23.8 Å². The number of hydrogen-bond acceptors (Lipinski definition) is 1. The van der Waals surface area contributed by atoms with Crippen LogP contribution in [-0.2, 0) is 24.1 Å². The molecule has 0 aromatic carbocycles. The Morgan fingerprint density at radius 2 is 2.38 bits per heavy atom. The van der Waals surface area contributed by atoms with Gasteiger partial charge in [-0.1, -0.05) is 0 Å². The van der Waals surface area contributed by atoms with E-state index >= 15 is 0 Å². The van der Waals surface area contributed by atoms with Gasteiger partial charge in [0.1, 0.15) is 0 Å². The first-order chi connectivity index (χ1) is 3.39. The molecule has 0 radical (unpaired) electrons. The third-order valence-corrected chi connectivity index (χ3v) is 1.64. The van der Waals surface area contributed by atoms with Crippen LogP contribution >= 0.6 is 0 Å². The molecule has 1 saturated heterocycles. The zero-order valence-electron chi connectivity index (χ0n) is 4.39. The van der Waals surface area contributed by atoms with Crippen molar-refractivity contribution in [2.75, 3.05) is 19.8 Å². The summed E-state index contributed by atoms with van der Waals surface area (Å²) in [6, 6.07) is 0. The minimum absolute atomic E-state index is 0. The van der Waals surface area contributed by atoms with E-state index < -0.39 is 0 Å². The van der Waals surface area contributed by atoms with E-state index in [-0.39, 0.29) is 31.1 Å². The van der Waals surface area contributed by atoms with Crippen molar-refractivity contribution in [2.24, 2.45) is 0 Å². The molecule has 44 valence electrons. The molecule has 0 aromatic heterocycles. The summed E-state index contributed by atoms with van der Waals surface area (Å²) in [4.78, 5) is 0. The first kappa shape index (κ1) is 9.53. The van der Waals surface area contributed by atoms with Crippen LogP contribution in [0.5, 0.6) is 0 Å².